The molecule has 6 heteroatoms. The van der Waals surface area contributed by atoms with Gasteiger partial charge in [0.25, 0.3) is 0 Å². The van der Waals surface area contributed by atoms with E-state index in [2.05, 4.69) is 10.6 Å². The number of rotatable bonds is 6. The van der Waals surface area contributed by atoms with Gasteiger partial charge in [0.2, 0.25) is 11.8 Å². The highest BCUT2D eigenvalue weighted by Crippen LogP contribution is 2.05. The SMILES string of the molecule is O=C(CCl)NCc1cccc(CNC(=O)CCl)c1. The van der Waals surface area contributed by atoms with Gasteiger partial charge >= 0.3 is 0 Å². The highest BCUT2D eigenvalue weighted by atomic mass is 35.5. The molecule has 2 amide bonds. The van der Waals surface area contributed by atoms with Gasteiger partial charge in [-0.05, 0) is 11.1 Å². The minimum absolute atomic E-state index is 0.0501. The number of carbonyl (C=O) groups excluding carboxylic acids is 2. The number of nitrogens with one attached hydrogen (secondary N) is 2. The van der Waals surface area contributed by atoms with E-state index < -0.39 is 0 Å². The van der Waals surface area contributed by atoms with Crippen LogP contribution >= 0.6 is 23.2 Å². The van der Waals surface area contributed by atoms with Gasteiger partial charge < -0.3 is 10.6 Å². The van der Waals surface area contributed by atoms with Gasteiger partial charge in [-0.25, -0.2) is 0 Å². The molecule has 0 unspecified atom stereocenters. The van der Waals surface area contributed by atoms with Crippen molar-refractivity contribution in [1.29, 1.82) is 0 Å². The fourth-order valence-electron chi connectivity index (χ4n) is 1.35. The van der Waals surface area contributed by atoms with E-state index in [-0.39, 0.29) is 23.6 Å². The molecule has 18 heavy (non-hydrogen) atoms. The average Bonchev–Trinajstić information content (AvgIpc) is 2.42. The lowest BCUT2D eigenvalue weighted by molar-refractivity contribution is -0.119. The van der Waals surface area contributed by atoms with E-state index in [1.807, 2.05) is 24.3 Å². The fraction of sp³-hybridized carbons (Fsp3) is 0.333. The van der Waals surface area contributed by atoms with Crippen molar-refractivity contribution in [2.75, 3.05) is 11.8 Å². The van der Waals surface area contributed by atoms with Crippen molar-refractivity contribution >= 4 is 35.0 Å². The van der Waals surface area contributed by atoms with Gasteiger partial charge in [-0.2, -0.15) is 0 Å². The maximum absolute atomic E-state index is 11.0. The van der Waals surface area contributed by atoms with Crippen LogP contribution in [0.4, 0.5) is 0 Å². The highest BCUT2D eigenvalue weighted by molar-refractivity contribution is 6.27. The van der Waals surface area contributed by atoms with Gasteiger partial charge in [-0.1, -0.05) is 24.3 Å². The molecule has 1 rings (SSSR count). The summed E-state index contributed by atoms with van der Waals surface area (Å²) in [5.74, 6) is -0.522. The summed E-state index contributed by atoms with van der Waals surface area (Å²) in [6, 6.07) is 7.55. The first-order valence-electron chi connectivity index (χ1n) is 5.39. The standard InChI is InChI=1S/C12H14Cl2N2O2/c13-5-11(17)15-7-9-2-1-3-10(4-9)8-16-12(18)6-14/h1-4H,5-8H2,(H,15,17)(H,16,18). The van der Waals surface area contributed by atoms with Crippen LogP contribution in [0.25, 0.3) is 0 Å². The van der Waals surface area contributed by atoms with Crippen molar-refractivity contribution in [2.45, 2.75) is 13.1 Å². The Balaban J connectivity index is 2.51. The molecule has 0 saturated heterocycles. The number of carbonyl (C=O) groups is 2. The Bertz CT molecular complexity index is 389. The molecule has 0 saturated carbocycles. The number of halogens is 2. The molecule has 0 heterocycles. The third kappa shape index (κ3) is 5.38. The van der Waals surface area contributed by atoms with Crippen LogP contribution in [0.15, 0.2) is 24.3 Å². The predicted octanol–water partition coefficient (Wildman–Crippen LogP) is 1.40. The Morgan fingerprint density at radius 1 is 0.944 bits per heavy atom. The van der Waals surface area contributed by atoms with E-state index >= 15 is 0 Å². The molecule has 0 atom stereocenters. The van der Waals surface area contributed by atoms with Crippen LogP contribution in [0.5, 0.6) is 0 Å². The summed E-state index contributed by atoms with van der Waals surface area (Å²) in [6.07, 6.45) is 0. The lowest BCUT2D eigenvalue weighted by Gasteiger charge is -2.07. The van der Waals surface area contributed by atoms with Crippen molar-refractivity contribution in [3.63, 3.8) is 0 Å². The summed E-state index contributed by atoms with van der Waals surface area (Å²) in [5, 5.41) is 5.35. The highest BCUT2D eigenvalue weighted by Gasteiger charge is 2.01. The second-order valence-electron chi connectivity index (χ2n) is 3.64. The van der Waals surface area contributed by atoms with Crippen LogP contribution < -0.4 is 10.6 Å². The predicted molar refractivity (Wildman–Crippen MR) is 71.6 cm³/mol. The Kier molecular flexibility index (Phi) is 6.54. The molecular weight excluding hydrogens is 275 g/mol. The van der Waals surface area contributed by atoms with Crippen LogP contribution in [0.1, 0.15) is 11.1 Å². The molecule has 0 bridgehead atoms. The number of hydrogen-bond donors (Lipinski definition) is 2. The van der Waals surface area contributed by atoms with Crippen LogP contribution in [-0.4, -0.2) is 23.6 Å². The molecule has 0 aliphatic rings. The van der Waals surface area contributed by atoms with Crippen molar-refractivity contribution in [3.8, 4) is 0 Å². The van der Waals surface area contributed by atoms with E-state index in [0.29, 0.717) is 13.1 Å². The molecule has 1 aromatic carbocycles. The minimum atomic E-state index is -0.211. The van der Waals surface area contributed by atoms with Crippen LogP contribution in [0, 0.1) is 0 Å². The molecule has 0 radical (unpaired) electrons. The van der Waals surface area contributed by atoms with Gasteiger partial charge in [0.15, 0.2) is 0 Å². The van der Waals surface area contributed by atoms with E-state index in [9.17, 15) is 9.59 Å². The van der Waals surface area contributed by atoms with Crippen molar-refractivity contribution in [1.82, 2.24) is 10.6 Å². The molecule has 0 spiro atoms. The summed E-state index contributed by atoms with van der Waals surface area (Å²) >= 11 is 10.8. The summed E-state index contributed by atoms with van der Waals surface area (Å²) in [6.45, 7) is 0.839. The van der Waals surface area contributed by atoms with Crippen molar-refractivity contribution < 1.29 is 9.59 Å². The molecule has 0 aliphatic heterocycles. The monoisotopic (exact) mass is 288 g/mol. The van der Waals surface area contributed by atoms with Crippen molar-refractivity contribution in [3.05, 3.63) is 35.4 Å². The van der Waals surface area contributed by atoms with Gasteiger partial charge in [0.1, 0.15) is 11.8 Å². The second-order valence-corrected chi connectivity index (χ2v) is 4.18. The zero-order valence-electron chi connectivity index (χ0n) is 9.71. The minimum Gasteiger partial charge on any atom is -0.351 e. The van der Waals surface area contributed by atoms with Gasteiger partial charge in [0.05, 0.1) is 0 Å². The maximum atomic E-state index is 11.0. The summed E-state index contributed by atoms with van der Waals surface area (Å²) < 4.78 is 0. The van der Waals surface area contributed by atoms with Crippen molar-refractivity contribution in [2.24, 2.45) is 0 Å². The lowest BCUT2D eigenvalue weighted by atomic mass is 10.1. The molecule has 98 valence electrons. The number of alkyl halides is 2. The Morgan fingerprint density at radius 3 is 1.78 bits per heavy atom. The first-order chi connectivity index (χ1) is 8.65. The maximum Gasteiger partial charge on any atom is 0.235 e. The first kappa shape index (κ1) is 14.8. The quantitative estimate of drug-likeness (QED) is 0.778. The van der Waals surface area contributed by atoms with E-state index in [4.69, 9.17) is 23.2 Å². The molecule has 2 N–H and O–H groups in total. The molecule has 4 nitrogen and oxygen atoms in total. The largest absolute Gasteiger partial charge is 0.351 e. The smallest absolute Gasteiger partial charge is 0.235 e. The number of amides is 2. The number of benzene rings is 1. The first-order valence-corrected chi connectivity index (χ1v) is 6.45. The third-order valence-electron chi connectivity index (χ3n) is 2.21. The Labute approximate surface area is 116 Å². The van der Waals surface area contributed by atoms with Gasteiger partial charge in [-0.15, -0.1) is 23.2 Å². The lowest BCUT2D eigenvalue weighted by Crippen LogP contribution is -2.25. The summed E-state index contributed by atoms with van der Waals surface area (Å²) in [7, 11) is 0. The Hall–Kier alpha value is -1.26. The van der Waals surface area contributed by atoms with E-state index in [1.54, 1.807) is 0 Å². The summed E-state index contributed by atoms with van der Waals surface area (Å²) in [4.78, 5) is 22.0. The molecule has 0 fully saturated rings. The van der Waals surface area contributed by atoms with Crippen LogP contribution in [0.3, 0.4) is 0 Å². The normalized spacial score (nSPS) is 9.89. The molecular formula is C12H14Cl2N2O2. The second kappa shape index (κ2) is 7.95. The zero-order chi connectivity index (χ0) is 13.4. The zero-order valence-corrected chi connectivity index (χ0v) is 11.2. The van der Waals surface area contributed by atoms with Crippen LogP contribution in [-0.2, 0) is 22.7 Å². The molecule has 1 aromatic rings. The van der Waals surface area contributed by atoms with Gasteiger partial charge in [0, 0.05) is 13.1 Å². The Morgan fingerprint density at radius 2 is 1.39 bits per heavy atom. The van der Waals surface area contributed by atoms with E-state index in [1.165, 1.54) is 0 Å². The number of hydrogen-bond acceptors (Lipinski definition) is 2. The summed E-state index contributed by atoms with van der Waals surface area (Å²) in [5.41, 5.74) is 1.90. The third-order valence-corrected chi connectivity index (χ3v) is 2.70. The van der Waals surface area contributed by atoms with Crippen LogP contribution in [0.2, 0.25) is 0 Å². The average molecular weight is 289 g/mol. The topological polar surface area (TPSA) is 58.2 Å². The van der Waals surface area contributed by atoms with E-state index in [0.717, 1.165) is 11.1 Å². The fourth-order valence-corrected chi connectivity index (χ4v) is 1.53. The van der Waals surface area contributed by atoms with Gasteiger partial charge in [-0.3, -0.25) is 9.59 Å². The molecule has 0 aromatic heterocycles. The molecule has 0 aliphatic carbocycles.